The molecule has 134 valence electrons. The van der Waals surface area contributed by atoms with Gasteiger partial charge in [-0.05, 0) is 23.8 Å². The van der Waals surface area contributed by atoms with Crippen LogP contribution in [0, 0.1) is 11.3 Å². The molecule has 0 spiro atoms. The molecule has 7 heteroatoms. The second-order valence-corrected chi connectivity index (χ2v) is 5.92. The van der Waals surface area contributed by atoms with Crippen molar-refractivity contribution in [1.82, 2.24) is 9.88 Å². The first-order valence-electron chi connectivity index (χ1n) is 8.34. The average molecular weight is 352 g/mol. The number of anilines is 1. The fourth-order valence-corrected chi connectivity index (χ4v) is 2.82. The number of hydrogen-bond acceptors (Lipinski definition) is 6. The predicted molar refractivity (Wildman–Crippen MR) is 97.6 cm³/mol. The van der Waals surface area contributed by atoms with E-state index in [0.717, 1.165) is 11.3 Å². The van der Waals surface area contributed by atoms with Crippen molar-refractivity contribution >= 4 is 23.9 Å². The molecule has 0 unspecified atom stereocenters. The number of carbonyl (C=O) groups excluding carboxylic acids is 1. The topological polar surface area (TPSA) is 82.6 Å². The van der Waals surface area contributed by atoms with Gasteiger partial charge in [0.05, 0.1) is 7.11 Å². The Hall–Kier alpha value is -3.27. The van der Waals surface area contributed by atoms with Crippen LogP contribution in [-0.4, -0.2) is 49.1 Å². The highest BCUT2D eigenvalue weighted by Crippen LogP contribution is 2.24. The van der Waals surface area contributed by atoms with Crippen LogP contribution in [0.25, 0.3) is 12.2 Å². The first-order chi connectivity index (χ1) is 12.6. The maximum absolute atomic E-state index is 11.4. The van der Waals surface area contributed by atoms with Gasteiger partial charge in [-0.3, -0.25) is 4.79 Å². The molecule has 0 atom stereocenters. The molecule has 7 nitrogen and oxygen atoms in total. The van der Waals surface area contributed by atoms with E-state index >= 15 is 0 Å². The molecule has 1 aromatic carbocycles. The Kier molecular flexibility index (Phi) is 5.23. The van der Waals surface area contributed by atoms with Gasteiger partial charge in [0.25, 0.3) is 0 Å². The van der Waals surface area contributed by atoms with Crippen molar-refractivity contribution in [2.75, 3.05) is 38.2 Å². The normalized spacial score (nSPS) is 14.5. The van der Waals surface area contributed by atoms with E-state index in [1.54, 1.807) is 25.0 Å². The Morgan fingerprint density at radius 3 is 2.73 bits per heavy atom. The summed E-state index contributed by atoms with van der Waals surface area (Å²) in [6.45, 7) is 4.00. The molecule has 2 aromatic rings. The van der Waals surface area contributed by atoms with E-state index in [-0.39, 0.29) is 11.6 Å². The van der Waals surface area contributed by atoms with Gasteiger partial charge in [-0.25, -0.2) is 0 Å². The third-order valence-corrected chi connectivity index (χ3v) is 4.26. The molecule has 1 saturated heterocycles. The third kappa shape index (κ3) is 3.86. The quantitative estimate of drug-likeness (QED) is 0.840. The highest BCUT2D eigenvalue weighted by atomic mass is 16.5. The SMILES string of the molecule is COc1cccc(C=Cc2nc(C#N)c(N3CCN(C(C)=O)CC3)o2)c1. The molecule has 2 heterocycles. The Balaban J connectivity index is 1.76. The number of nitriles is 1. The summed E-state index contributed by atoms with van der Waals surface area (Å²) in [5.74, 6) is 1.65. The van der Waals surface area contributed by atoms with E-state index in [4.69, 9.17) is 9.15 Å². The lowest BCUT2D eigenvalue weighted by atomic mass is 10.2. The molecule has 0 N–H and O–H groups in total. The second kappa shape index (κ2) is 7.74. The summed E-state index contributed by atoms with van der Waals surface area (Å²) in [5, 5.41) is 9.35. The molecule has 1 aliphatic heterocycles. The highest BCUT2D eigenvalue weighted by molar-refractivity contribution is 5.73. The van der Waals surface area contributed by atoms with Gasteiger partial charge in [0, 0.05) is 39.2 Å². The number of carbonyl (C=O) groups is 1. The van der Waals surface area contributed by atoms with Gasteiger partial charge in [-0.1, -0.05) is 12.1 Å². The van der Waals surface area contributed by atoms with Gasteiger partial charge in [0.15, 0.2) is 0 Å². The fourth-order valence-electron chi connectivity index (χ4n) is 2.82. The highest BCUT2D eigenvalue weighted by Gasteiger charge is 2.24. The largest absolute Gasteiger partial charge is 0.497 e. The Morgan fingerprint density at radius 1 is 1.31 bits per heavy atom. The lowest BCUT2D eigenvalue weighted by molar-refractivity contribution is -0.129. The molecule has 1 aromatic heterocycles. The minimum Gasteiger partial charge on any atom is -0.497 e. The summed E-state index contributed by atoms with van der Waals surface area (Å²) < 4.78 is 11.0. The van der Waals surface area contributed by atoms with Gasteiger partial charge in [-0.15, -0.1) is 0 Å². The summed E-state index contributed by atoms with van der Waals surface area (Å²) in [7, 11) is 1.62. The molecular weight excluding hydrogens is 332 g/mol. The van der Waals surface area contributed by atoms with Crippen LogP contribution in [0.4, 0.5) is 5.88 Å². The van der Waals surface area contributed by atoms with Gasteiger partial charge in [0.1, 0.15) is 11.8 Å². The number of benzene rings is 1. The summed E-state index contributed by atoms with van der Waals surface area (Å²) in [4.78, 5) is 19.4. The first kappa shape index (κ1) is 17.5. The van der Waals surface area contributed by atoms with E-state index in [0.29, 0.717) is 38.0 Å². The monoisotopic (exact) mass is 352 g/mol. The molecule has 0 saturated carbocycles. The number of rotatable bonds is 4. The van der Waals surface area contributed by atoms with E-state index in [9.17, 15) is 10.1 Å². The standard InChI is InChI=1S/C19H20N4O3/c1-14(24)22-8-10-23(11-9-22)19-17(13-20)21-18(26-19)7-6-15-4-3-5-16(12-15)25-2/h3-7,12H,8-11H2,1-2H3. The van der Waals surface area contributed by atoms with Crippen molar-refractivity contribution < 1.29 is 13.9 Å². The molecule has 26 heavy (non-hydrogen) atoms. The van der Waals surface area contributed by atoms with Crippen molar-refractivity contribution in [3.05, 3.63) is 41.4 Å². The zero-order valence-electron chi connectivity index (χ0n) is 14.8. The van der Waals surface area contributed by atoms with Crippen LogP contribution in [0.2, 0.25) is 0 Å². The number of ether oxygens (including phenoxy) is 1. The molecule has 0 radical (unpaired) electrons. The number of oxazole rings is 1. The Labute approximate surface area is 152 Å². The van der Waals surface area contributed by atoms with Crippen molar-refractivity contribution in [2.24, 2.45) is 0 Å². The van der Waals surface area contributed by atoms with Crippen LogP contribution < -0.4 is 9.64 Å². The number of aromatic nitrogens is 1. The smallest absolute Gasteiger partial charge is 0.235 e. The molecule has 0 aliphatic carbocycles. The Bertz CT molecular complexity index is 858. The number of methoxy groups -OCH3 is 1. The van der Waals surface area contributed by atoms with Gasteiger partial charge < -0.3 is 19.0 Å². The van der Waals surface area contributed by atoms with E-state index < -0.39 is 0 Å². The van der Waals surface area contributed by atoms with E-state index in [1.165, 1.54) is 0 Å². The molecular formula is C19H20N4O3. The van der Waals surface area contributed by atoms with Crippen LogP contribution in [0.3, 0.4) is 0 Å². The lowest BCUT2D eigenvalue weighted by Gasteiger charge is -2.33. The zero-order chi connectivity index (χ0) is 18.5. The summed E-state index contributed by atoms with van der Waals surface area (Å²) >= 11 is 0. The fraction of sp³-hybridized carbons (Fsp3) is 0.316. The molecule has 3 rings (SSSR count). The van der Waals surface area contributed by atoms with Crippen molar-refractivity contribution in [3.8, 4) is 11.8 Å². The van der Waals surface area contributed by atoms with Gasteiger partial charge >= 0.3 is 0 Å². The van der Waals surface area contributed by atoms with Gasteiger partial charge in [0.2, 0.25) is 23.4 Å². The molecule has 0 bridgehead atoms. The number of hydrogen-bond donors (Lipinski definition) is 0. The molecule has 1 aliphatic rings. The first-order valence-corrected chi connectivity index (χ1v) is 8.34. The third-order valence-electron chi connectivity index (χ3n) is 4.26. The molecule has 1 fully saturated rings. The minimum atomic E-state index is 0.0599. The van der Waals surface area contributed by atoms with Crippen molar-refractivity contribution in [2.45, 2.75) is 6.92 Å². The van der Waals surface area contributed by atoms with Crippen LogP contribution in [-0.2, 0) is 4.79 Å². The maximum Gasteiger partial charge on any atom is 0.235 e. The van der Waals surface area contributed by atoms with Crippen molar-refractivity contribution in [3.63, 3.8) is 0 Å². The minimum absolute atomic E-state index is 0.0599. The van der Waals surface area contributed by atoms with Crippen LogP contribution >= 0.6 is 0 Å². The van der Waals surface area contributed by atoms with Crippen LogP contribution in [0.15, 0.2) is 28.7 Å². The molecule has 1 amide bonds. The second-order valence-electron chi connectivity index (χ2n) is 5.92. The van der Waals surface area contributed by atoms with E-state index in [2.05, 4.69) is 11.1 Å². The number of amides is 1. The average Bonchev–Trinajstić information content (AvgIpc) is 3.10. The predicted octanol–water partition coefficient (Wildman–Crippen LogP) is 2.39. The van der Waals surface area contributed by atoms with Crippen molar-refractivity contribution in [1.29, 1.82) is 5.26 Å². The summed E-state index contributed by atoms with van der Waals surface area (Å²) in [5.41, 5.74) is 1.20. The zero-order valence-corrected chi connectivity index (χ0v) is 14.8. The maximum atomic E-state index is 11.4. The van der Waals surface area contributed by atoms with E-state index in [1.807, 2.05) is 35.2 Å². The summed E-state index contributed by atoms with van der Waals surface area (Å²) in [6.07, 6.45) is 3.58. The van der Waals surface area contributed by atoms with Crippen LogP contribution in [0.5, 0.6) is 5.75 Å². The Morgan fingerprint density at radius 2 is 2.08 bits per heavy atom. The number of nitrogens with zero attached hydrogens (tertiary/aromatic N) is 4. The summed E-state index contributed by atoms with van der Waals surface area (Å²) in [6, 6.07) is 9.69. The van der Waals surface area contributed by atoms with Crippen LogP contribution in [0.1, 0.15) is 24.1 Å². The number of piperazine rings is 1. The van der Waals surface area contributed by atoms with Gasteiger partial charge in [-0.2, -0.15) is 10.2 Å². The lowest BCUT2D eigenvalue weighted by Crippen LogP contribution is -2.48.